The van der Waals surface area contributed by atoms with E-state index in [1.165, 1.54) is 36.7 Å². The molecule has 30 heavy (non-hydrogen) atoms. The molecule has 0 bridgehead atoms. The number of hydrogen-bond donors (Lipinski definition) is 1. The third-order valence-corrected chi connectivity index (χ3v) is 5.96. The molecule has 0 heterocycles. The fraction of sp³-hybridized carbons (Fsp3) is 0.458. The van der Waals surface area contributed by atoms with Crippen LogP contribution >= 0.6 is 11.8 Å². The molecule has 0 aromatic heterocycles. The number of rotatable bonds is 14. The second-order valence-electron chi connectivity index (χ2n) is 7.12. The molecule has 0 aliphatic rings. The molecule has 0 fully saturated rings. The molecule has 1 N–H and O–H groups in total. The van der Waals surface area contributed by atoms with Gasteiger partial charge in [0.25, 0.3) is 0 Å². The number of hydrogen-bond acceptors (Lipinski definition) is 5. The number of benzene rings is 2. The van der Waals surface area contributed by atoms with E-state index in [1.807, 2.05) is 30.3 Å². The summed E-state index contributed by atoms with van der Waals surface area (Å²) in [6, 6.07) is 15.7. The van der Waals surface area contributed by atoms with Gasteiger partial charge in [0.05, 0.1) is 24.6 Å². The molecule has 0 saturated carbocycles. The average Bonchev–Trinajstić information content (AvgIpc) is 2.76. The van der Waals surface area contributed by atoms with E-state index in [9.17, 15) is 14.3 Å². The monoisotopic (exact) mass is 434 g/mol. The zero-order valence-corrected chi connectivity index (χ0v) is 18.3. The average molecular weight is 435 g/mol. The second kappa shape index (κ2) is 14.2. The summed E-state index contributed by atoms with van der Waals surface area (Å²) in [4.78, 5) is 12.6. The van der Waals surface area contributed by atoms with Gasteiger partial charge in [0.15, 0.2) is 0 Å². The van der Waals surface area contributed by atoms with E-state index >= 15 is 0 Å². The Morgan fingerprint density at radius 2 is 1.73 bits per heavy atom. The summed E-state index contributed by atoms with van der Waals surface area (Å²) in [6.07, 6.45) is 4.61. The van der Waals surface area contributed by atoms with Gasteiger partial charge in [-0.05, 0) is 36.2 Å². The van der Waals surface area contributed by atoms with E-state index in [2.05, 4.69) is 6.92 Å². The zero-order chi connectivity index (χ0) is 21.6. The lowest BCUT2D eigenvalue weighted by atomic mass is 10.1. The topological polar surface area (TPSA) is 55.8 Å². The van der Waals surface area contributed by atoms with Crippen LogP contribution in [0.2, 0.25) is 0 Å². The van der Waals surface area contributed by atoms with Crippen molar-refractivity contribution in [2.45, 2.75) is 55.3 Å². The maximum atomic E-state index is 13.2. The Hall–Kier alpha value is -1.89. The summed E-state index contributed by atoms with van der Waals surface area (Å²) < 4.78 is 23.8. The number of aliphatic hydroxyl groups is 1. The Labute approximate surface area is 182 Å². The maximum absolute atomic E-state index is 13.2. The van der Waals surface area contributed by atoms with E-state index in [1.54, 1.807) is 12.1 Å². The molecule has 4 nitrogen and oxygen atoms in total. The lowest BCUT2D eigenvalue weighted by Gasteiger charge is -2.23. The quantitative estimate of drug-likeness (QED) is 0.240. The van der Waals surface area contributed by atoms with Gasteiger partial charge in [-0.1, -0.05) is 62.9 Å². The smallest absolute Gasteiger partial charge is 0.332 e. The summed E-state index contributed by atoms with van der Waals surface area (Å²) >= 11 is 1.43. The van der Waals surface area contributed by atoms with Crippen LogP contribution in [0.5, 0.6) is 0 Å². The van der Waals surface area contributed by atoms with Gasteiger partial charge in [0.2, 0.25) is 0 Å². The minimum atomic E-state index is -0.843. The Balaban J connectivity index is 1.80. The summed E-state index contributed by atoms with van der Waals surface area (Å²) in [5.41, 5.74) is 0.928. The highest BCUT2D eigenvalue weighted by atomic mass is 32.2. The van der Waals surface area contributed by atoms with Gasteiger partial charge in [0.1, 0.15) is 12.4 Å². The first-order chi connectivity index (χ1) is 14.6. The Morgan fingerprint density at radius 1 is 1.03 bits per heavy atom. The van der Waals surface area contributed by atoms with Gasteiger partial charge in [-0.15, -0.1) is 11.8 Å². The summed E-state index contributed by atoms with van der Waals surface area (Å²) in [5.74, 6) is -0.719. The molecule has 0 radical (unpaired) electrons. The van der Waals surface area contributed by atoms with Crippen molar-refractivity contribution in [2.24, 2.45) is 0 Å². The summed E-state index contributed by atoms with van der Waals surface area (Å²) in [5, 5.41) is 10.4. The van der Waals surface area contributed by atoms with Gasteiger partial charge in [-0.2, -0.15) is 0 Å². The van der Waals surface area contributed by atoms with Crippen molar-refractivity contribution in [1.29, 1.82) is 0 Å². The van der Waals surface area contributed by atoms with Crippen LogP contribution in [0.25, 0.3) is 0 Å². The van der Waals surface area contributed by atoms with Crippen LogP contribution in [0.15, 0.2) is 59.5 Å². The van der Waals surface area contributed by atoms with Crippen molar-refractivity contribution in [1.82, 2.24) is 0 Å². The van der Waals surface area contributed by atoms with Crippen molar-refractivity contribution >= 4 is 17.7 Å². The number of ether oxygens (including phenoxy) is 2. The first kappa shape index (κ1) is 24.4. The van der Waals surface area contributed by atoms with Crippen LogP contribution in [-0.2, 0) is 14.3 Å². The maximum Gasteiger partial charge on any atom is 0.332 e. The molecule has 6 heteroatoms. The van der Waals surface area contributed by atoms with Crippen molar-refractivity contribution in [3.05, 3.63) is 66.0 Å². The SMILES string of the molecule is CCCCCCCOC(=O)COCC(O)C(Sc1ccc(F)cc1)c1ccccc1. The molecule has 164 valence electrons. The Kier molecular flexibility index (Phi) is 11.5. The van der Waals surface area contributed by atoms with Crippen molar-refractivity contribution in [2.75, 3.05) is 19.8 Å². The summed E-state index contributed by atoms with van der Waals surface area (Å²) in [7, 11) is 0. The molecule has 0 spiro atoms. The van der Waals surface area contributed by atoms with Gasteiger partial charge in [-0.25, -0.2) is 9.18 Å². The van der Waals surface area contributed by atoms with E-state index in [4.69, 9.17) is 9.47 Å². The standard InChI is InChI=1S/C24H31FO4S/c1-2-3-4-5-9-16-29-23(27)18-28-17-22(26)24(19-10-7-6-8-11-19)30-21-14-12-20(25)13-15-21/h6-8,10-15,22,24,26H,2-5,9,16-18H2,1H3. The first-order valence-corrected chi connectivity index (χ1v) is 11.4. The second-order valence-corrected chi connectivity index (χ2v) is 8.34. The number of aliphatic hydroxyl groups excluding tert-OH is 1. The first-order valence-electron chi connectivity index (χ1n) is 10.5. The van der Waals surface area contributed by atoms with Crippen LogP contribution in [0, 0.1) is 5.82 Å². The zero-order valence-electron chi connectivity index (χ0n) is 17.5. The molecule has 0 aliphatic heterocycles. The third-order valence-electron chi connectivity index (χ3n) is 4.57. The molecular formula is C24H31FO4S. The van der Waals surface area contributed by atoms with Crippen LogP contribution in [0.1, 0.15) is 49.8 Å². The fourth-order valence-electron chi connectivity index (χ4n) is 2.95. The van der Waals surface area contributed by atoms with Crippen molar-refractivity contribution < 1.29 is 23.8 Å². The fourth-order valence-corrected chi connectivity index (χ4v) is 4.07. The van der Waals surface area contributed by atoms with E-state index in [0.29, 0.717) is 6.61 Å². The minimum Gasteiger partial charge on any atom is -0.464 e. The molecular weight excluding hydrogens is 403 g/mol. The van der Waals surface area contributed by atoms with Crippen LogP contribution < -0.4 is 0 Å². The predicted molar refractivity (Wildman–Crippen MR) is 118 cm³/mol. The number of carbonyl (C=O) groups is 1. The van der Waals surface area contributed by atoms with Gasteiger partial charge in [-0.3, -0.25) is 0 Å². The van der Waals surface area contributed by atoms with Gasteiger partial charge in [0, 0.05) is 4.90 Å². The molecule has 0 amide bonds. The number of esters is 1. The predicted octanol–water partition coefficient (Wildman–Crippen LogP) is 5.55. The number of carbonyl (C=O) groups excluding carboxylic acids is 1. The molecule has 2 unspecified atom stereocenters. The van der Waals surface area contributed by atoms with E-state index < -0.39 is 12.1 Å². The Bertz CT molecular complexity index is 724. The number of halogens is 1. The largest absolute Gasteiger partial charge is 0.464 e. The highest BCUT2D eigenvalue weighted by molar-refractivity contribution is 7.99. The van der Waals surface area contributed by atoms with Crippen molar-refractivity contribution in [3.8, 4) is 0 Å². The molecule has 2 aromatic carbocycles. The van der Waals surface area contributed by atoms with Gasteiger partial charge >= 0.3 is 5.97 Å². The van der Waals surface area contributed by atoms with Crippen molar-refractivity contribution in [3.63, 3.8) is 0 Å². The lowest BCUT2D eigenvalue weighted by molar-refractivity contribution is -0.150. The van der Waals surface area contributed by atoms with Gasteiger partial charge < -0.3 is 14.6 Å². The molecule has 2 aromatic rings. The highest BCUT2D eigenvalue weighted by Crippen LogP contribution is 2.38. The molecule has 2 rings (SSSR count). The normalized spacial score (nSPS) is 13.0. The van der Waals surface area contributed by atoms with Crippen LogP contribution in [0.3, 0.4) is 0 Å². The highest BCUT2D eigenvalue weighted by Gasteiger charge is 2.23. The van der Waals surface area contributed by atoms with E-state index in [0.717, 1.165) is 29.7 Å². The minimum absolute atomic E-state index is 0.000639. The van der Waals surface area contributed by atoms with Crippen LogP contribution in [-0.4, -0.2) is 37.0 Å². The van der Waals surface area contributed by atoms with Crippen LogP contribution in [0.4, 0.5) is 4.39 Å². The molecule has 0 saturated heterocycles. The summed E-state index contributed by atoms with van der Waals surface area (Å²) in [6.45, 7) is 2.38. The number of thioether (sulfide) groups is 1. The third kappa shape index (κ3) is 9.28. The Morgan fingerprint density at radius 3 is 2.43 bits per heavy atom. The number of unbranched alkanes of at least 4 members (excludes halogenated alkanes) is 4. The molecule has 0 aliphatic carbocycles. The lowest BCUT2D eigenvalue weighted by Crippen LogP contribution is -2.25. The van der Waals surface area contributed by atoms with E-state index in [-0.39, 0.29) is 24.3 Å². The molecule has 2 atom stereocenters.